The first-order valence-electron chi connectivity index (χ1n) is 6.89. The van der Waals surface area contributed by atoms with Crippen molar-refractivity contribution in [3.8, 4) is 11.5 Å². The van der Waals surface area contributed by atoms with Crippen molar-refractivity contribution in [3.63, 3.8) is 0 Å². The Balaban J connectivity index is 2.10. The molecule has 0 radical (unpaired) electrons. The van der Waals surface area contributed by atoms with Gasteiger partial charge in [-0.15, -0.1) is 0 Å². The van der Waals surface area contributed by atoms with Gasteiger partial charge in [0, 0.05) is 6.42 Å². The van der Waals surface area contributed by atoms with Crippen LogP contribution >= 0.6 is 0 Å². The lowest BCUT2D eigenvalue weighted by atomic mass is 10.1. The minimum Gasteiger partial charge on any atom is -0.469 e. The Hall–Kier alpha value is -2.50. The van der Waals surface area contributed by atoms with Crippen LogP contribution < -0.4 is 4.74 Å². The third-order valence-corrected chi connectivity index (χ3v) is 3.14. The van der Waals surface area contributed by atoms with Crippen molar-refractivity contribution >= 4 is 5.97 Å². The van der Waals surface area contributed by atoms with Crippen LogP contribution in [0.1, 0.15) is 17.5 Å². The lowest BCUT2D eigenvalue weighted by Crippen LogP contribution is -2.04. The van der Waals surface area contributed by atoms with Gasteiger partial charge in [-0.2, -0.15) is 13.2 Å². The Labute approximate surface area is 131 Å². The van der Waals surface area contributed by atoms with Crippen LogP contribution in [-0.4, -0.2) is 13.1 Å². The van der Waals surface area contributed by atoms with Gasteiger partial charge in [0.1, 0.15) is 11.5 Å². The van der Waals surface area contributed by atoms with Crippen molar-refractivity contribution < 1.29 is 27.4 Å². The lowest BCUT2D eigenvalue weighted by Gasteiger charge is -2.10. The van der Waals surface area contributed by atoms with Crippen LogP contribution in [0.2, 0.25) is 0 Å². The smallest absolute Gasteiger partial charge is 0.416 e. The Morgan fingerprint density at radius 2 is 1.70 bits per heavy atom. The normalized spacial score (nSPS) is 11.1. The number of halogens is 3. The highest BCUT2D eigenvalue weighted by Gasteiger charge is 2.30. The summed E-state index contributed by atoms with van der Waals surface area (Å²) >= 11 is 0. The predicted octanol–water partition coefficient (Wildman–Crippen LogP) is 4.60. The van der Waals surface area contributed by atoms with E-state index in [0.717, 1.165) is 17.7 Å². The van der Waals surface area contributed by atoms with Gasteiger partial charge in [-0.3, -0.25) is 4.79 Å². The maximum Gasteiger partial charge on any atom is 0.416 e. The monoisotopic (exact) mass is 324 g/mol. The molecule has 0 N–H and O–H groups in total. The Bertz CT molecular complexity index is 681. The first-order chi connectivity index (χ1) is 10.9. The van der Waals surface area contributed by atoms with E-state index in [1.54, 1.807) is 18.2 Å². The largest absolute Gasteiger partial charge is 0.469 e. The van der Waals surface area contributed by atoms with Crippen molar-refractivity contribution in [2.24, 2.45) is 0 Å². The van der Waals surface area contributed by atoms with E-state index in [1.165, 1.54) is 19.2 Å². The van der Waals surface area contributed by atoms with E-state index in [4.69, 9.17) is 4.74 Å². The molecule has 0 saturated heterocycles. The minimum absolute atomic E-state index is 0.102. The molecule has 0 aromatic heterocycles. The number of ether oxygens (including phenoxy) is 2. The number of rotatable bonds is 5. The third-order valence-electron chi connectivity index (χ3n) is 3.14. The van der Waals surface area contributed by atoms with Crippen LogP contribution in [0, 0.1) is 0 Å². The molecule has 0 amide bonds. The van der Waals surface area contributed by atoms with Gasteiger partial charge < -0.3 is 9.47 Å². The van der Waals surface area contributed by atoms with Crippen molar-refractivity contribution in [1.82, 2.24) is 0 Å². The number of hydrogen-bond acceptors (Lipinski definition) is 3. The van der Waals surface area contributed by atoms with Crippen LogP contribution in [0.25, 0.3) is 0 Å². The molecule has 0 heterocycles. The summed E-state index contributed by atoms with van der Waals surface area (Å²) < 4.78 is 48.1. The van der Waals surface area contributed by atoms with Crippen LogP contribution in [0.5, 0.6) is 11.5 Å². The van der Waals surface area contributed by atoms with Crippen molar-refractivity contribution in [3.05, 3.63) is 59.7 Å². The summed E-state index contributed by atoms with van der Waals surface area (Å²) in [7, 11) is 1.31. The quantitative estimate of drug-likeness (QED) is 0.754. The summed E-state index contributed by atoms with van der Waals surface area (Å²) in [5, 5.41) is 0. The molecule has 3 nitrogen and oxygen atoms in total. The Morgan fingerprint density at radius 3 is 2.35 bits per heavy atom. The van der Waals surface area contributed by atoms with Gasteiger partial charge >= 0.3 is 12.1 Å². The fourth-order valence-electron chi connectivity index (χ4n) is 1.98. The van der Waals surface area contributed by atoms with E-state index in [1.807, 2.05) is 6.07 Å². The summed E-state index contributed by atoms with van der Waals surface area (Å²) in [6.07, 6.45) is -3.72. The fourth-order valence-corrected chi connectivity index (χ4v) is 1.98. The number of aryl methyl sites for hydroxylation is 1. The molecule has 23 heavy (non-hydrogen) atoms. The van der Waals surface area contributed by atoms with Gasteiger partial charge in [-0.05, 0) is 42.3 Å². The zero-order valence-corrected chi connectivity index (χ0v) is 12.4. The number of carbonyl (C=O) groups is 1. The second kappa shape index (κ2) is 7.17. The van der Waals surface area contributed by atoms with Gasteiger partial charge in [-0.25, -0.2) is 0 Å². The Kier molecular flexibility index (Phi) is 5.26. The molecular weight excluding hydrogens is 309 g/mol. The van der Waals surface area contributed by atoms with Gasteiger partial charge in [0.05, 0.1) is 12.7 Å². The first kappa shape index (κ1) is 16.9. The minimum atomic E-state index is -4.41. The van der Waals surface area contributed by atoms with Gasteiger partial charge in [0.25, 0.3) is 0 Å². The molecule has 0 unspecified atom stereocenters. The summed E-state index contributed by atoms with van der Waals surface area (Å²) in [4.78, 5) is 11.1. The first-order valence-corrected chi connectivity index (χ1v) is 6.89. The van der Waals surface area contributed by atoms with E-state index in [2.05, 4.69) is 4.74 Å². The van der Waals surface area contributed by atoms with E-state index in [0.29, 0.717) is 12.2 Å². The molecule has 0 bridgehead atoms. The Morgan fingerprint density at radius 1 is 1.04 bits per heavy atom. The molecule has 0 aliphatic carbocycles. The summed E-state index contributed by atoms with van der Waals surface area (Å²) in [6.45, 7) is 0. The van der Waals surface area contributed by atoms with E-state index < -0.39 is 11.7 Å². The van der Waals surface area contributed by atoms with Gasteiger partial charge in [0.15, 0.2) is 0 Å². The van der Waals surface area contributed by atoms with Gasteiger partial charge in [-0.1, -0.05) is 18.2 Å². The zero-order chi connectivity index (χ0) is 16.9. The lowest BCUT2D eigenvalue weighted by molar-refractivity contribution is -0.140. The molecule has 2 rings (SSSR count). The van der Waals surface area contributed by atoms with Crippen molar-refractivity contribution in [2.45, 2.75) is 19.0 Å². The third kappa shape index (κ3) is 5.02. The number of carbonyl (C=O) groups excluding carboxylic acids is 1. The highest BCUT2D eigenvalue weighted by molar-refractivity contribution is 5.69. The van der Waals surface area contributed by atoms with Crippen LogP contribution in [-0.2, 0) is 22.1 Å². The van der Waals surface area contributed by atoms with E-state index >= 15 is 0 Å². The highest BCUT2D eigenvalue weighted by Crippen LogP contribution is 2.32. The molecule has 0 aliphatic rings. The number of benzene rings is 2. The number of alkyl halides is 3. The van der Waals surface area contributed by atoms with Crippen molar-refractivity contribution in [1.29, 1.82) is 0 Å². The topological polar surface area (TPSA) is 35.5 Å². The highest BCUT2D eigenvalue weighted by atomic mass is 19.4. The number of methoxy groups -OCH3 is 1. The van der Waals surface area contributed by atoms with Crippen LogP contribution in [0.3, 0.4) is 0 Å². The maximum absolute atomic E-state index is 12.7. The zero-order valence-electron chi connectivity index (χ0n) is 12.4. The molecule has 0 aliphatic heterocycles. The average Bonchev–Trinajstić information content (AvgIpc) is 2.52. The fraction of sp³-hybridized carbons (Fsp3) is 0.235. The number of hydrogen-bond donors (Lipinski definition) is 0. The standard InChI is InChI=1S/C17H15F3O3/c1-22-16(21)9-8-12-4-2-6-14(10-12)23-15-7-3-5-13(11-15)17(18,19)20/h2-7,10-11H,8-9H2,1H3. The summed E-state index contributed by atoms with van der Waals surface area (Å²) in [5.41, 5.74) is 0.0664. The average molecular weight is 324 g/mol. The van der Waals surface area contributed by atoms with Crippen LogP contribution in [0.15, 0.2) is 48.5 Å². The van der Waals surface area contributed by atoms with E-state index in [9.17, 15) is 18.0 Å². The molecule has 0 fully saturated rings. The van der Waals surface area contributed by atoms with E-state index in [-0.39, 0.29) is 18.1 Å². The summed E-state index contributed by atoms with van der Waals surface area (Å²) in [6, 6.07) is 11.5. The van der Waals surface area contributed by atoms with Crippen LogP contribution in [0.4, 0.5) is 13.2 Å². The molecule has 6 heteroatoms. The molecule has 0 atom stereocenters. The maximum atomic E-state index is 12.7. The molecule has 2 aromatic rings. The second-order valence-electron chi connectivity index (χ2n) is 4.85. The molecule has 0 saturated carbocycles. The molecule has 2 aromatic carbocycles. The molecule has 122 valence electrons. The number of esters is 1. The van der Waals surface area contributed by atoms with Crippen molar-refractivity contribution in [2.75, 3.05) is 7.11 Å². The molecular formula is C17H15F3O3. The second-order valence-corrected chi connectivity index (χ2v) is 4.85. The van der Waals surface area contributed by atoms with Gasteiger partial charge in [0.2, 0.25) is 0 Å². The SMILES string of the molecule is COC(=O)CCc1cccc(Oc2cccc(C(F)(F)F)c2)c1. The summed E-state index contributed by atoms with van der Waals surface area (Å²) in [5.74, 6) is 0.186. The molecule has 0 spiro atoms. The predicted molar refractivity (Wildman–Crippen MR) is 78.3 cm³/mol.